The molecule has 0 amide bonds. The highest BCUT2D eigenvalue weighted by atomic mass is 35.5. The summed E-state index contributed by atoms with van der Waals surface area (Å²) in [5.74, 6) is 1.17. The van der Waals surface area contributed by atoms with E-state index in [1.807, 2.05) is 13.8 Å². The molecule has 1 aromatic rings. The molecular weight excluding hydrogens is 236 g/mol. The number of aromatic nitrogens is 2. The molecule has 3 nitrogen and oxygen atoms in total. The highest BCUT2D eigenvalue weighted by molar-refractivity contribution is 6.20. The van der Waals surface area contributed by atoms with Gasteiger partial charge in [0.05, 0.1) is 18.0 Å². The topological polar surface area (TPSA) is 35.0 Å². The van der Waals surface area contributed by atoms with E-state index in [0.29, 0.717) is 11.8 Å². The molecule has 17 heavy (non-hydrogen) atoms. The number of halogens is 1. The summed E-state index contributed by atoms with van der Waals surface area (Å²) in [5, 5.41) is 0.110. The third kappa shape index (κ3) is 5.87. The highest BCUT2D eigenvalue weighted by Crippen LogP contribution is 2.16. The Morgan fingerprint density at radius 3 is 2.53 bits per heavy atom. The van der Waals surface area contributed by atoms with Crippen molar-refractivity contribution < 1.29 is 4.74 Å². The van der Waals surface area contributed by atoms with Crippen LogP contribution in [0.5, 0.6) is 5.88 Å². The van der Waals surface area contributed by atoms with Gasteiger partial charge in [-0.25, -0.2) is 4.98 Å². The van der Waals surface area contributed by atoms with E-state index in [4.69, 9.17) is 16.3 Å². The number of nitrogens with zero attached hydrogens (tertiary/aromatic N) is 2. The van der Waals surface area contributed by atoms with Crippen LogP contribution in [0.15, 0.2) is 12.4 Å². The second kappa shape index (κ2) is 6.80. The minimum atomic E-state index is 0.110. The van der Waals surface area contributed by atoms with Crippen molar-refractivity contribution in [2.75, 3.05) is 0 Å². The lowest BCUT2D eigenvalue weighted by atomic mass is 10.1. The van der Waals surface area contributed by atoms with Gasteiger partial charge in [-0.3, -0.25) is 4.98 Å². The van der Waals surface area contributed by atoms with Gasteiger partial charge >= 0.3 is 0 Å². The Bertz CT molecular complexity index is 342. The predicted molar refractivity (Wildman–Crippen MR) is 70.6 cm³/mol. The van der Waals surface area contributed by atoms with Crippen LogP contribution in [-0.4, -0.2) is 21.4 Å². The van der Waals surface area contributed by atoms with E-state index in [1.165, 1.54) is 0 Å². The Labute approximate surface area is 109 Å². The Balaban J connectivity index is 2.59. The average Bonchev–Trinajstić information content (AvgIpc) is 2.14. The molecule has 4 heteroatoms. The number of hydrogen-bond acceptors (Lipinski definition) is 3. The summed E-state index contributed by atoms with van der Waals surface area (Å²) in [4.78, 5) is 8.51. The minimum absolute atomic E-state index is 0.110. The van der Waals surface area contributed by atoms with Gasteiger partial charge < -0.3 is 4.74 Å². The first-order valence-electron chi connectivity index (χ1n) is 6.09. The smallest absolute Gasteiger partial charge is 0.232 e. The maximum atomic E-state index is 6.26. The molecule has 96 valence electrons. The van der Waals surface area contributed by atoms with E-state index in [1.54, 1.807) is 12.4 Å². The summed E-state index contributed by atoms with van der Waals surface area (Å²) in [7, 11) is 0. The molecule has 1 aromatic heterocycles. The largest absolute Gasteiger partial charge is 0.474 e. The summed E-state index contributed by atoms with van der Waals surface area (Å²) in [5.41, 5.74) is 0.892. The van der Waals surface area contributed by atoms with Gasteiger partial charge in [-0.1, -0.05) is 13.8 Å². The SMILES string of the molecule is CC(C)CC(Cl)Cc1cncc(OC(C)C)n1. The highest BCUT2D eigenvalue weighted by Gasteiger charge is 2.10. The van der Waals surface area contributed by atoms with Crippen LogP contribution in [0.1, 0.15) is 39.8 Å². The van der Waals surface area contributed by atoms with Crippen molar-refractivity contribution in [2.45, 2.75) is 52.0 Å². The Morgan fingerprint density at radius 1 is 1.24 bits per heavy atom. The van der Waals surface area contributed by atoms with Crippen LogP contribution in [-0.2, 0) is 6.42 Å². The normalized spacial score (nSPS) is 13.1. The zero-order chi connectivity index (χ0) is 12.8. The maximum absolute atomic E-state index is 6.26. The summed E-state index contributed by atoms with van der Waals surface area (Å²) in [6, 6.07) is 0. The van der Waals surface area contributed by atoms with E-state index in [9.17, 15) is 0 Å². The summed E-state index contributed by atoms with van der Waals surface area (Å²) in [6.07, 6.45) is 5.22. The van der Waals surface area contributed by atoms with Gasteiger partial charge in [0.15, 0.2) is 0 Å². The molecule has 0 aliphatic heterocycles. The van der Waals surface area contributed by atoms with Gasteiger partial charge in [0.1, 0.15) is 0 Å². The van der Waals surface area contributed by atoms with Crippen LogP contribution in [0, 0.1) is 5.92 Å². The molecule has 0 aliphatic carbocycles. The molecule has 0 fully saturated rings. The average molecular weight is 257 g/mol. The number of rotatable bonds is 6. The molecule has 0 radical (unpaired) electrons. The van der Waals surface area contributed by atoms with E-state index in [2.05, 4.69) is 23.8 Å². The molecule has 1 rings (SSSR count). The van der Waals surface area contributed by atoms with Crippen LogP contribution in [0.25, 0.3) is 0 Å². The van der Waals surface area contributed by atoms with Crippen LogP contribution in [0.2, 0.25) is 0 Å². The van der Waals surface area contributed by atoms with Crippen LogP contribution in [0.4, 0.5) is 0 Å². The third-order valence-corrected chi connectivity index (χ3v) is 2.51. The Kier molecular flexibility index (Phi) is 5.69. The summed E-state index contributed by atoms with van der Waals surface area (Å²) < 4.78 is 5.50. The van der Waals surface area contributed by atoms with Crippen molar-refractivity contribution in [3.63, 3.8) is 0 Å². The van der Waals surface area contributed by atoms with Gasteiger partial charge in [0.25, 0.3) is 0 Å². The molecule has 1 atom stereocenters. The van der Waals surface area contributed by atoms with E-state index in [-0.39, 0.29) is 11.5 Å². The molecule has 0 saturated carbocycles. The van der Waals surface area contributed by atoms with Crippen molar-refractivity contribution in [3.8, 4) is 5.88 Å². The van der Waals surface area contributed by atoms with Gasteiger partial charge in [-0.05, 0) is 26.2 Å². The summed E-state index contributed by atoms with van der Waals surface area (Å²) in [6.45, 7) is 8.27. The molecule has 0 N–H and O–H groups in total. The van der Waals surface area contributed by atoms with Crippen molar-refractivity contribution >= 4 is 11.6 Å². The van der Waals surface area contributed by atoms with Gasteiger partial charge in [0, 0.05) is 18.0 Å². The zero-order valence-corrected chi connectivity index (χ0v) is 11.7. The van der Waals surface area contributed by atoms with Gasteiger partial charge in [-0.2, -0.15) is 0 Å². The molecule has 1 unspecified atom stereocenters. The monoisotopic (exact) mass is 256 g/mol. The summed E-state index contributed by atoms with van der Waals surface area (Å²) >= 11 is 6.26. The molecule has 0 bridgehead atoms. The minimum Gasteiger partial charge on any atom is -0.474 e. The molecular formula is C13H21ClN2O. The Morgan fingerprint density at radius 2 is 1.94 bits per heavy atom. The molecule has 0 aliphatic rings. The maximum Gasteiger partial charge on any atom is 0.232 e. The van der Waals surface area contributed by atoms with Gasteiger partial charge in [-0.15, -0.1) is 11.6 Å². The van der Waals surface area contributed by atoms with Crippen LogP contribution < -0.4 is 4.74 Å². The zero-order valence-electron chi connectivity index (χ0n) is 11.0. The van der Waals surface area contributed by atoms with Crippen molar-refractivity contribution in [3.05, 3.63) is 18.1 Å². The quantitative estimate of drug-likeness (QED) is 0.731. The standard InChI is InChI=1S/C13H21ClN2O/c1-9(2)5-11(14)6-12-7-15-8-13(16-12)17-10(3)4/h7-11H,5-6H2,1-4H3. The third-order valence-electron chi connectivity index (χ3n) is 2.18. The van der Waals surface area contributed by atoms with E-state index >= 15 is 0 Å². The first-order valence-corrected chi connectivity index (χ1v) is 6.52. The second-order valence-electron chi connectivity index (χ2n) is 4.95. The fourth-order valence-electron chi connectivity index (χ4n) is 1.60. The lowest BCUT2D eigenvalue weighted by Gasteiger charge is -2.12. The molecule has 0 aromatic carbocycles. The van der Waals surface area contributed by atoms with E-state index in [0.717, 1.165) is 18.5 Å². The van der Waals surface area contributed by atoms with E-state index < -0.39 is 0 Å². The molecule has 0 saturated heterocycles. The lowest BCUT2D eigenvalue weighted by Crippen LogP contribution is -2.11. The van der Waals surface area contributed by atoms with Crippen molar-refractivity contribution in [1.82, 2.24) is 9.97 Å². The first kappa shape index (κ1) is 14.2. The number of alkyl halides is 1. The number of hydrogen-bond donors (Lipinski definition) is 0. The second-order valence-corrected chi connectivity index (χ2v) is 5.56. The molecule has 0 spiro atoms. The first-order chi connectivity index (χ1) is 7.97. The number of ether oxygens (including phenoxy) is 1. The van der Waals surface area contributed by atoms with Crippen molar-refractivity contribution in [1.29, 1.82) is 0 Å². The predicted octanol–water partition coefficient (Wildman–Crippen LogP) is 3.46. The van der Waals surface area contributed by atoms with Crippen LogP contribution >= 0.6 is 11.6 Å². The van der Waals surface area contributed by atoms with Gasteiger partial charge in [0.2, 0.25) is 5.88 Å². The van der Waals surface area contributed by atoms with Crippen LogP contribution in [0.3, 0.4) is 0 Å². The fourth-order valence-corrected chi connectivity index (χ4v) is 2.12. The fraction of sp³-hybridized carbons (Fsp3) is 0.692. The van der Waals surface area contributed by atoms with Crippen molar-refractivity contribution in [2.24, 2.45) is 5.92 Å². The Hall–Kier alpha value is -0.830. The molecule has 1 heterocycles. The lowest BCUT2D eigenvalue weighted by molar-refractivity contribution is 0.231.